The van der Waals surface area contributed by atoms with Crippen LogP contribution in [0.4, 0.5) is 0 Å². The SMILES string of the molecule is CCCN(CC(=O)NC1CCS(=O)(=O)C1)S(=O)(=O)c1ccc(Cl)cc1. The quantitative estimate of drug-likeness (QED) is 0.726. The van der Waals surface area contributed by atoms with Crippen molar-refractivity contribution in [3.05, 3.63) is 29.3 Å². The molecule has 10 heteroatoms. The number of halogens is 1. The molecule has 1 unspecified atom stereocenters. The molecule has 0 bridgehead atoms. The van der Waals surface area contributed by atoms with Crippen LogP contribution < -0.4 is 5.32 Å². The Labute approximate surface area is 153 Å². The van der Waals surface area contributed by atoms with Gasteiger partial charge in [-0.15, -0.1) is 0 Å². The molecule has 1 aromatic carbocycles. The summed E-state index contributed by atoms with van der Waals surface area (Å²) in [4.78, 5) is 12.3. The van der Waals surface area contributed by atoms with Gasteiger partial charge in [0.25, 0.3) is 0 Å². The maximum absolute atomic E-state index is 12.7. The molecule has 1 saturated heterocycles. The highest BCUT2D eigenvalue weighted by molar-refractivity contribution is 7.91. The number of nitrogens with one attached hydrogen (secondary N) is 1. The predicted molar refractivity (Wildman–Crippen MR) is 95.7 cm³/mol. The zero-order chi connectivity index (χ0) is 18.7. The van der Waals surface area contributed by atoms with Crippen molar-refractivity contribution >= 4 is 37.4 Å². The lowest BCUT2D eigenvalue weighted by molar-refractivity contribution is -0.121. The summed E-state index contributed by atoms with van der Waals surface area (Å²) in [7, 11) is -6.95. The van der Waals surface area contributed by atoms with Crippen molar-refractivity contribution in [2.45, 2.75) is 30.7 Å². The number of rotatable bonds is 7. The van der Waals surface area contributed by atoms with Crippen molar-refractivity contribution in [1.29, 1.82) is 0 Å². The molecule has 1 N–H and O–H groups in total. The first-order valence-electron chi connectivity index (χ1n) is 7.89. The standard InChI is InChI=1S/C15H21ClN2O5S2/c1-2-8-18(25(22,23)14-5-3-12(16)4-6-14)10-15(19)17-13-7-9-24(20,21)11-13/h3-6,13H,2,7-11H2,1H3,(H,17,19). The number of sulfonamides is 1. The molecule has 1 aliphatic heterocycles. The molecule has 0 aliphatic carbocycles. The molecular weight excluding hydrogens is 388 g/mol. The molecule has 0 radical (unpaired) electrons. The number of nitrogens with zero attached hydrogens (tertiary/aromatic N) is 1. The Morgan fingerprint density at radius 1 is 1.32 bits per heavy atom. The average Bonchev–Trinajstić information content (AvgIpc) is 2.86. The van der Waals surface area contributed by atoms with Gasteiger partial charge >= 0.3 is 0 Å². The van der Waals surface area contributed by atoms with E-state index in [4.69, 9.17) is 11.6 Å². The summed E-state index contributed by atoms with van der Waals surface area (Å²) in [6.45, 7) is 1.64. The maximum atomic E-state index is 12.7. The van der Waals surface area contributed by atoms with E-state index in [0.717, 1.165) is 4.31 Å². The van der Waals surface area contributed by atoms with Crippen molar-refractivity contribution < 1.29 is 21.6 Å². The minimum Gasteiger partial charge on any atom is -0.351 e. The monoisotopic (exact) mass is 408 g/mol. The highest BCUT2D eigenvalue weighted by Crippen LogP contribution is 2.19. The Morgan fingerprint density at radius 2 is 1.96 bits per heavy atom. The van der Waals surface area contributed by atoms with Crippen LogP contribution in [0.5, 0.6) is 0 Å². The van der Waals surface area contributed by atoms with Crippen LogP contribution in [0.15, 0.2) is 29.2 Å². The molecule has 140 valence electrons. The van der Waals surface area contributed by atoms with Crippen molar-refractivity contribution in [3.8, 4) is 0 Å². The van der Waals surface area contributed by atoms with E-state index in [-0.39, 0.29) is 29.5 Å². The molecular formula is C15H21ClN2O5S2. The third-order valence-electron chi connectivity index (χ3n) is 3.84. The first kappa shape index (κ1) is 20.2. The maximum Gasteiger partial charge on any atom is 0.243 e. The molecule has 0 spiro atoms. The van der Waals surface area contributed by atoms with E-state index < -0.39 is 31.8 Å². The highest BCUT2D eigenvalue weighted by Gasteiger charge is 2.31. The van der Waals surface area contributed by atoms with Gasteiger partial charge in [0.05, 0.1) is 22.9 Å². The van der Waals surface area contributed by atoms with E-state index in [1.807, 2.05) is 6.92 Å². The second-order valence-corrected chi connectivity index (χ2v) is 10.6. The molecule has 0 saturated carbocycles. The van der Waals surface area contributed by atoms with Gasteiger partial charge in [0.2, 0.25) is 15.9 Å². The van der Waals surface area contributed by atoms with E-state index in [1.54, 1.807) is 0 Å². The Balaban J connectivity index is 2.09. The zero-order valence-electron chi connectivity index (χ0n) is 13.8. The first-order chi connectivity index (χ1) is 11.6. The lowest BCUT2D eigenvalue weighted by atomic mass is 10.2. The lowest BCUT2D eigenvalue weighted by Gasteiger charge is -2.22. The third kappa shape index (κ3) is 5.40. The highest BCUT2D eigenvalue weighted by atomic mass is 35.5. The van der Waals surface area contributed by atoms with Gasteiger partial charge in [0, 0.05) is 17.6 Å². The van der Waals surface area contributed by atoms with Crippen LogP contribution in [0.25, 0.3) is 0 Å². The van der Waals surface area contributed by atoms with Crippen LogP contribution in [0, 0.1) is 0 Å². The van der Waals surface area contributed by atoms with E-state index in [1.165, 1.54) is 24.3 Å². The molecule has 1 aromatic rings. The van der Waals surface area contributed by atoms with Crippen molar-refractivity contribution in [2.75, 3.05) is 24.6 Å². The summed E-state index contributed by atoms with van der Waals surface area (Å²) < 4.78 is 49.4. The number of amides is 1. The smallest absolute Gasteiger partial charge is 0.243 e. The van der Waals surface area contributed by atoms with Gasteiger partial charge in [0.15, 0.2) is 9.84 Å². The van der Waals surface area contributed by atoms with Crippen molar-refractivity contribution in [3.63, 3.8) is 0 Å². The number of hydrogen-bond acceptors (Lipinski definition) is 5. The molecule has 1 fully saturated rings. The normalized spacial score (nSPS) is 19.9. The van der Waals surface area contributed by atoms with Crippen LogP contribution in [-0.2, 0) is 24.7 Å². The molecule has 0 aromatic heterocycles. The van der Waals surface area contributed by atoms with Gasteiger partial charge in [0.1, 0.15) is 0 Å². The zero-order valence-corrected chi connectivity index (χ0v) is 16.2. The Morgan fingerprint density at radius 3 is 2.48 bits per heavy atom. The topological polar surface area (TPSA) is 101 Å². The second-order valence-electron chi connectivity index (χ2n) is 5.96. The third-order valence-corrected chi connectivity index (χ3v) is 7.72. The summed E-state index contributed by atoms with van der Waals surface area (Å²) in [6.07, 6.45) is 0.893. The van der Waals surface area contributed by atoms with Gasteiger partial charge < -0.3 is 5.32 Å². The minimum absolute atomic E-state index is 0.0414. The molecule has 2 rings (SSSR count). The molecule has 7 nitrogen and oxygen atoms in total. The van der Waals surface area contributed by atoms with E-state index in [2.05, 4.69) is 5.32 Å². The van der Waals surface area contributed by atoms with E-state index >= 15 is 0 Å². The summed E-state index contributed by atoms with van der Waals surface area (Å²) in [5.74, 6) is -0.566. The van der Waals surface area contributed by atoms with Crippen molar-refractivity contribution in [1.82, 2.24) is 9.62 Å². The predicted octanol–water partition coefficient (Wildman–Crippen LogP) is 1.04. The van der Waals surface area contributed by atoms with E-state index in [9.17, 15) is 21.6 Å². The summed E-state index contributed by atoms with van der Waals surface area (Å²) >= 11 is 5.78. The number of carbonyl (C=O) groups is 1. The number of hydrogen-bond donors (Lipinski definition) is 1. The van der Waals surface area contributed by atoms with Gasteiger partial charge in [-0.3, -0.25) is 4.79 Å². The Bertz CT molecular complexity index is 822. The fraction of sp³-hybridized carbons (Fsp3) is 0.533. The Kier molecular flexibility index (Phi) is 6.47. The molecule has 1 aliphatic rings. The van der Waals surface area contributed by atoms with Crippen LogP contribution in [0.1, 0.15) is 19.8 Å². The lowest BCUT2D eigenvalue weighted by Crippen LogP contribution is -2.44. The first-order valence-corrected chi connectivity index (χ1v) is 11.5. The fourth-order valence-corrected chi connectivity index (χ4v) is 5.92. The second kappa shape index (κ2) is 8.03. The minimum atomic E-state index is -3.84. The van der Waals surface area contributed by atoms with Crippen LogP contribution in [0.2, 0.25) is 5.02 Å². The van der Waals surface area contributed by atoms with Gasteiger partial charge in [-0.25, -0.2) is 16.8 Å². The molecule has 1 amide bonds. The summed E-state index contributed by atoms with van der Waals surface area (Å²) in [5, 5.41) is 3.03. The van der Waals surface area contributed by atoms with Crippen LogP contribution >= 0.6 is 11.6 Å². The average molecular weight is 409 g/mol. The largest absolute Gasteiger partial charge is 0.351 e. The van der Waals surface area contributed by atoms with E-state index in [0.29, 0.717) is 17.9 Å². The van der Waals surface area contributed by atoms with Crippen LogP contribution in [-0.4, -0.2) is 57.7 Å². The van der Waals surface area contributed by atoms with Gasteiger partial charge in [-0.1, -0.05) is 18.5 Å². The van der Waals surface area contributed by atoms with Gasteiger partial charge in [-0.2, -0.15) is 4.31 Å². The molecule has 1 atom stereocenters. The Hall–Kier alpha value is -1.16. The van der Waals surface area contributed by atoms with Crippen molar-refractivity contribution in [2.24, 2.45) is 0 Å². The summed E-state index contributed by atoms with van der Waals surface area (Å²) in [6, 6.07) is 5.27. The number of sulfone groups is 1. The summed E-state index contributed by atoms with van der Waals surface area (Å²) in [5.41, 5.74) is 0. The van der Waals surface area contributed by atoms with Gasteiger partial charge in [-0.05, 0) is 37.1 Å². The number of carbonyl (C=O) groups excluding carboxylic acids is 1. The van der Waals surface area contributed by atoms with Crippen LogP contribution in [0.3, 0.4) is 0 Å². The molecule has 25 heavy (non-hydrogen) atoms. The number of benzene rings is 1. The molecule has 1 heterocycles. The fourth-order valence-electron chi connectivity index (χ4n) is 2.63.